The Morgan fingerprint density at radius 3 is 1.69 bits per heavy atom. The van der Waals surface area contributed by atoms with Crippen molar-refractivity contribution < 1.29 is 0 Å². The summed E-state index contributed by atoms with van der Waals surface area (Å²) in [5.74, 6) is 1.71. The van der Waals surface area contributed by atoms with Gasteiger partial charge in [-0.1, -0.05) is 54.4 Å². The normalized spacial score (nSPS) is 15.5. The van der Waals surface area contributed by atoms with Gasteiger partial charge in [0.2, 0.25) is 0 Å². The van der Waals surface area contributed by atoms with Crippen LogP contribution in [0.3, 0.4) is 0 Å². The lowest BCUT2D eigenvalue weighted by Gasteiger charge is -2.34. The molecule has 0 N–H and O–H groups in total. The zero-order valence-corrected chi connectivity index (χ0v) is 10.5. The van der Waals surface area contributed by atoms with Crippen molar-refractivity contribution in [1.82, 2.24) is 0 Å². The number of rotatable bonds is 4. The van der Waals surface area contributed by atoms with Crippen LogP contribution in [0.25, 0.3) is 0 Å². The second-order valence-corrected chi connectivity index (χ2v) is 4.52. The molecule has 0 aliphatic carbocycles. The van der Waals surface area contributed by atoms with Gasteiger partial charge in [-0.25, -0.2) is 0 Å². The molecule has 13 heavy (non-hydrogen) atoms. The summed E-state index contributed by atoms with van der Waals surface area (Å²) in [5.41, 5.74) is 0.523. The Hall–Kier alpha value is -0.260. The summed E-state index contributed by atoms with van der Waals surface area (Å²) in [6.45, 7) is 20.1. The van der Waals surface area contributed by atoms with Crippen LogP contribution in [0, 0.1) is 17.3 Å². The minimum atomic E-state index is 0.523. The molecule has 0 radical (unpaired) electrons. The first-order valence-electron chi connectivity index (χ1n) is 5.45. The van der Waals surface area contributed by atoms with Gasteiger partial charge in [-0.05, 0) is 17.3 Å². The highest BCUT2D eigenvalue weighted by Crippen LogP contribution is 2.36. The molecule has 0 rings (SSSR count). The molecule has 0 aliphatic heterocycles. The lowest BCUT2D eigenvalue weighted by Crippen LogP contribution is -2.25. The minimum absolute atomic E-state index is 0.523. The standard InChI is InChI=1S/C11H24.C2H4/c1-7-9(3)10(4)11(5,6)8-2;1-2/h9-10H,7-8H2,1-6H3;1-2H2/t9-,10+;/m1./s1. The highest BCUT2D eigenvalue weighted by molar-refractivity contribution is 4.76. The van der Waals surface area contributed by atoms with Gasteiger partial charge in [0, 0.05) is 0 Å². The molecule has 0 saturated carbocycles. The van der Waals surface area contributed by atoms with Gasteiger partial charge in [0.1, 0.15) is 0 Å². The fourth-order valence-corrected chi connectivity index (χ4v) is 1.45. The molecule has 0 saturated heterocycles. The fraction of sp³-hybridized carbons (Fsp3) is 0.846. The van der Waals surface area contributed by atoms with Crippen molar-refractivity contribution in [3.63, 3.8) is 0 Å². The minimum Gasteiger partial charge on any atom is -0.106 e. The van der Waals surface area contributed by atoms with Gasteiger partial charge >= 0.3 is 0 Å². The van der Waals surface area contributed by atoms with E-state index >= 15 is 0 Å². The molecule has 0 unspecified atom stereocenters. The van der Waals surface area contributed by atoms with Crippen molar-refractivity contribution in [3.05, 3.63) is 13.2 Å². The third kappa shape index (κ3) is 5.13. The van der Waals surface area contributed by atoms with Gasteiger partial charge in [0.15, 0.2) is 0 Å². The Kier molecular flexibility index (Phi) is 8.40. The Bertz CT molecular complexity index is 113. The highest BCUT2D eigenvalue weighted by Gasteiger charge is 2.26. The first-order valence-corrected chi connectivity index (χ1v) is 5.45. The summed E-state index contributed by atoms with van der Waals surface area (Å²) in [6, 6.07) is 0. The second-order valence-electron chi connectivity index (χ2n) is 4.52. The molecule has 0 aromatic heterocycles. The Labute approximate surface area is 85.4 Å². The van der Waals surface area contributed by atoms with Crippen molar-refractivity contribution in [2.45, 2.75) is 54.4 Å². The first kappa shape index (κ1) is 15.2. The maximum absolute atomic E-state index is 3.00. The summed E-state index contributed by atoms with van der Waals surface area (Å²) in [6.07, 6.45) is 2.60. The van der Waals surface area contributed by atoms with Crippen LogP contribution in [-0.2, 0) is 0 Å². The lowest BCUT2D eigenvalue weighted by atomic mass is 9.71. The zero-order valence-electron chi connectivity index (χ0n) is 10.5. The van der Waals surface area contributed by atoms with E-state index in [0.717, 1.165) is 11.8 Å². The van der Waals surface area contributed by atoms with Crippen LogP contribution in [0.4, 0.5) is 0 Å². The average Bonchev–Trinajstić information content (AvgIpc) is 2.18. The van der Waals surface area contributed by atoms with E-state index in [1.165, 1.54) is 12.8 Å². The molecule has 0 heterocycles. The maximum atomic E-state index is 3.00. The van der Waals surface area contributed by atoms with Crippen LogP contribution >= 0.6 is 0 Å². The van der Waals surface area contributed by atoms with E-state index in [1.807, 2.05) is 0 Å². The molecule has 0 aromatic carbocycles. The van der Waals surface area contributed by atoms with Gasteiger partial charge in [-0.15, -0.1) is 13.2 Å². The van der Waals surface area contributed by atoms with Crippen molar-refractivity contribution in [2.24, 2.45) is 17.3 Å². The summed E-state index contributed by atoms with van der Waals surface area (Å²) in [5, 5.41) is 0. The molecule has 0 bridgehead atoms. The molecule has 0 aromatic rings. The second kappa shape index (κ2) is 7.17. The van der Waals surface area contributed by atoms with Crippen LogP contribution in [0.15, 0.2) is 13.2 Å². The smallest absolute Gasteiger partial charge is 0.0329 e. The van der Waals surface area contributed by atoms with E-state index in [0.29, 0.717) is 5.41 Å². The van der Waals surface area contributed by atoms with E-state index < -0.39 is 0 Å². The molecule has 80 valence electrons. The molecule has 0 heteroatoms. The SMILES string of the molecule is C=C.CC[C@@H](C)[C@H](C)C(C)(C)CC. The van der Waals surface area contributed by atoms with Gasteiger partial charge in [0.05, 0.1) is 0 Å². The quantitative estimate of drug-likeness (QED) is 0.545. The first-order chi connectivity index (χ1) is 5.95. The number of hydrogen-bond acceptors (Lipinski definition) is 0. The largest absolute Gasteiger partial charge is 0.106 e. The lowest BCUT2D eigenvalue weighted by molar-refractivity contribution is 0.156. The Morgan fingerprint density at radius 1 is 1.08 bits per heavy atom. The van der Waals surface area contributed by atoms with E-state index in [-0.39, 0.29) is 0 Å². The fourth-order valence-electron chi connectivity index (χ4n) is 1.45. The zero-order chi connectivity index (χ0) is 11.1. The van der Waals surface area contributed by atoms with E-state index in [9.17, 15) is 0 Å². The molecular weight excluding hydrogens is 156 g/mol. The van der Waals surface area contributed by atoms with E-state index in [4.69, 9.17) is 0 Å². The highest BCUT2D eigenvalue weighted by atomic mass is 14.3. The third-order valence-electron chi connectivity index (χ3n) is 3.64. The molecule has 0 spiro atoms. The Balaban J connectivity index is 0. The van der Waals surface area contributed by atoms with Gasteiger partial charge in [-0.3, -0.25) is 0 Å². The van der Waals surface area contributed by atoms with Gasteiger partial charge in [-0.2, -0.15) is 0 Å². The van der Waals surface area contributed by atoms with Crippen molar-refractivity contribution in [1.29, 1.82) is 0 Å². The maximum Gasteiger partial charge on any atom is -0.0329 e. The summed E-state index contributed by atoms with van der Waals surface area (Å²) in [4.78, 5) is 0. The molecule has 0 amide bonds. The topological polar surface area (TPSA) is 0 Å². The van der Waals surface area contributed by atoms with Crippen LogP contribution in [0.2, 0.25) is 0 Å². The van der Waals surface area contributed by atoms with Crippen LogP contribution in [-0.4, -0.2) is 0 Å². The van der Waals surface area contributed by atoms with E-state index in [1.54, 1.807) is 0 Å². The summed E-state index contributed by atoms with van der Waals surface area (Å²) < 4.78 is 0. The molecular formula is C13H28. The van der Waals surface area contributed by atoms with E-state index in [2.05, 4.69) is 54.7 Å². The van der Waals surface area contributed by atoms with Crippen LogP contribution in [0.5, 0.6) is 0 Å². The molecule has 0 fully saturated rings. The monoisotopic (exact) mass is 184 g/mol. The summed E-state index contributed by atoms with van der Waals surface area (Å²) >= 11 is 0. The van der Waals surface area contributed by atoms with Crippen LogP contribution < -0.4 is 0 Å². The van der Waals surface area contributed by atoms with Crippen LogP contribution in [0.1, 0.15) is 54.4 Å². The van der Waals surface area contributed by atoms with Crippen molar-refractivity contribution in [2.75, 3.05) is 0 Å². The van der Waals surface area contributed by atoms with Gasteiger partial charge in [0.25, 0.3) is 0 Å². The van der Waals surface area contributed by atoms with Crippen molar-refractivity contribution in [3.8, 4) is 0 Å². The molecule has 2 atom stereocenters. The predicted octanol–water partition coefficient (Wildman–Crippen LogP) is 4.91. The molecule has 0 aliphatic rings. The molecule has 0 nitrogen and oxygen atoms in total. The third-order valence-corrected chi connectivity index (χ3v) is 3.64. The van der Waals surface area contributed by atoms with Crippen molar-refractivity contribution >= 4 is 0 Å². The Morgan fingerprint density at radius 2 is 1.46 bits per heavy atom. The predicted molar refractivity (Wildman–Crippen MR) is 63.9 cm³/mol. The van der Waals surface area contributed by atoms with Gasteiger partial charge < -0.3 is 0 Å². The average molecular weight is 184 g/mol. The number of hydrogen-bond donors (Lipinski definition) is 0. The summed E-state index contributed by atoms with van der Waals surface area (Å²) in [7, 11) is 0.